The molecule has 1 saturated heterocycles. The lowest BCUT2D eigenvalue weighted by Gasteiger charge is -2.14. The minimum Gasteiger partial charge on any atom is -0.480 e. The van der Waals surface area contributed by atoms with Crippen LogP contribution in [0.5, 0.6) is 0 Å². The number of carboxylic acids is 1. The van der Waals surface area contributed by atoms with Crippen LogP contribution in [0.2, 0.25) is 0 Å². The average molecular weight is 266 g/mol. The molecule has 2 N–H and O–H groups in total. The number of aliphatic carboxylic acids is 1. The van der Waals surface area contributed by atoms with E-state index in [4.69, 9.17) is 5.11 Å². The van der Waals surface area contributed by atoms with Gasteiger partial charge in [0.15, 0.2) is 0 Å². The van der Waals surface area contributed by atoms with Crippen molar-refractivity contribution in [3.63, 3.8) is 0 Å². The van der Waals surface area contributed by atoms with Crippen molar-refractivity contribution >= 4 is 17.5 Å². The lowest BCUT2D eigenvalue weighted by molar-refractivity contribution is -0.385. The van der Waals surface area contributed by atoms with E-state index in [-0.39, 0.29) is 18.3 Å². The van der Waals surface area contributed by atoms with Gasteiger partial charge in [0.25, 0.3) is 5.69 Å². The van der Waals surface area contributed by atoms with Gasteiger partial charge in [0.1, 0.15) is 12.0 Å². The first-order valence-electron chi connectivity index (χ1n) is 5.86. The van der Waals surface area contributed by atoms with E-state index in [1.165, 1.54) is 12.3 Å². The highest BCUT2D eigenvalue weighted by Crippen LogP contribution is 2.16. The first-order chi connectivity index (χ1) is 9.04. The van der Waals surface area contributed by atoms with Crippen LogP contribution in [0.1, 0.15) is 6.42 Å². The number of hydrogen-bond acceptors (Lipinski definition) is 6. The van der Waals surface area contributed by atoms with E-state index in [0.717, 1.165) is 13.0 Å². The molecule has 0 radical (unpaired) electrons. The number of carbonyl (C=O) groups is 1. The van der Waals surface area contributed by atoms with Crippen LogP contribution >= 0.6 is 0 Å². The number of nitrogens with one attached hydrogen (secondary N) is 1. The Morgan fingerprint density at radius 1 is 1.63 bits per heavy atom. The van der Waals surface area contributed by atoms with Gasteiger partial charge in [-0.25, -0.2) is 4.98 Å². The Morgan fingerprint density at radius 2 is 2.42 bits per heavy atom. The third-order valence-electron chi connectivity index (χ3n) is 2.94. The van der Waals surface area contributed by atoms with Crippen LogP contribution in [0.25, 0.3) is 0 Å². The van der Waals surface area contributed by atoms with Crippen molar-refractivity contribution in [3.05, 3.63) is 28.4 Å². The Hall–Kier alpha value is -2.22. The SMILES string of the molecule is O=C(O)CN1CCC(Nc2ccc([N+](=O)[O-])cn2)C1. The normalized spacial score (nSPS) is 19.3. The van der Waals surface area contributed by atoms with E-state index in [2.05, 4.69) is 10.3 Å². The zero-order chi connectivity index (χ0) is 13.8. The molecule has 1 aromatic rings. The molecule has 19 heavy (non-hydrogen) atoms. The first kappa shape index (κ1) is 13.2. The lowest BCUT2D eigenvalue weighted by Crippen LogP contribution is -2.30. The molecule has 0 spiro atoms. The fourth-order valence-corrected chi connectivity index (χ4v) is 2.07. The van der Waals surface area contributed by atoms with E-state index in [9.17, 15) is 14.9 Å². The van der Waals surface area contributed by atoms with Gasteiger partial charge in [-0.05, 0) is 12.5 Å². The van der Waals surface area contributed by atoms with Crippen LogP contribution in [0.3, 0.4) is 0 Å². The highest BCUT2D eigenvalue weighted by atomic mass is 16.6. The molecule has 1 fully saturated rings. The molecule has 1 atom stereocenters. The van der Waals surface area contributed by atoms with Gasteiger partial charge in [-0.15, -0.1) is 0 Å². The minimum absolute atomic E-state index is 0.0336. The van der Waals surface area contributed by atoms with Gasteiger partial charge in [0.05, 0.1) is 11.5 Å². The summed E-state index contributed by atoms with van der Waals surface area (Å²) in [6, 6.07) is 3.06. The van der Waals surface area contributed by atoms with E-state index in [1.54, 1.807) is 6.07 Å². The Bertz CT molecular complexity index is 476. The van der Waals surface area contributed by atoms with Crippen LogP contribution in [0.4, 0.5) is 11.5 Å². The van der Waals surface area contributed by atoms with Crippen molar-refractivity contribution in [2.75, 3.05) is 25.0 Å². The zero-order valence-electron chi connectivity index (χ0n) is 10.2. The maximum absolute atomic E-state index is 10.6. The van der Waals surface area contributed by atoms with E-state index in [0.29, 0.717) is 12.4 Å². The van der Waals surface area contributed by atoms with Crippen molar-refractivity contribution in [3.8, 4) is 0 Å². The average Bonchev–Trinajstić information content (AvgIpc) is 2.76. The quantitative estimate of drug-likeness (QED) is 0.592. The van der Waals surface area contributed by atoms with Crippen LogP contribution in [-0.2, 0) is 4.79 Å². The Labute approximate surface area is 109 Å². The Morgan fingerprint density at radius 3 is 3.00 bits per heavy atom. The molecule has 0 saturated carbocycles. The van der Waals surface area contributed by atoms with Crippen LogP contribution in [-0.4, -0.2) is 51.6 Å². The summed E-state index contributed by atoms with van der Waals surface area (Å²) in [6.45, 7) is 1.38. The molecule has 0 bridgehead atoms. The molecule has 0 aromatic carbocycles. The van der Waals surface area contributed by atoms with Crippen molar-refractivity contribution in [1.82, 2.24) is 9.88 Å². The zero-order valence-corrected chi connectivity index (χ0v) is 10.2. The van der Waals surface area contributed by atoms with Gasteiger partial charge in [-0.3, -0.25) is 19.8 Å². The van der Waals surface area contributed by atoms with Crippen molar-refractivity contribution in [1.29, 1.82) is 0 Å². The van der Waals surface area contributed by atoms with Crippen LogP contribution in [0.15, 0.2) is 18.3 Å². The summed E-state index contributed by atoms with van der Waals surface area (Å²) in [5, 5.41) is 22.3. The molecule has 0 aliphatic carbocycles. The predicted molar refractivity (Wildman–Crippen MR) is 67.0 cm³/mol. The largest absolute Gasteiger partial charge is 0.480 e. The number of nitro groups is 1. The summed E-state index contributed by atoms with van der Waals surface area (Å²) in [4.78, 5) is 26.4. The van der Waals surface area contributed by atoms with Crippen molar-refractivity contribution < 1.29 is 14.8 Å². The van der Waals surface area contributed by atoms with E-state index < -0.39 is 10.9 Å². The third-order valence-corrected chi connectivity index (χ3v) is 2.94. The summed E-state index contributed by atoms with van der Waals surface area (Å²) in [5.41, 5.74) is -0.0514. The molecular weight excluding hydrogens is 252 g/mol. The van der Waals surface area contributed by atoms with Crippen molar-refractivity contribution in [2.45, 2.75) is 12.5 Å². The molecular formula is C11H14N4O4. The summed E-state index contributed by atoms with van der Waals surface area (Å²) < 4.78 is 0. The minimum atomic E-state index is -0.839. The maximum Gasteiger partial charge on any atom is 0.317 e. The summed E-state index contributed by atoms with van der Waals surface area (Å²) >= 11 is 0. The molecule has 1 aliphatic rings. The highest BCUT2D eigenvalue weighted by molar-refractivity contribution is 5.69. The number of nitrogens with zero attached hydrogens (tertiary/aromatic N) is 3. The second-order valence-electron chi connectivity index (χ2n) is 4.42. The number of anilines is 1. The van der Waals surface area contributed by atoms with Gasteiger partial charge < -0.3 is 10.4 Å². The Kier molecular flexibility index (Phi) is 3.91. The van der Waals surface area contributed by atoms with E-state index >= 15 is 0 Å². The standard InChI is InChI=1S/C11H14N4O4/c16-11(17)7-14-4-3-8(6-14)13-10-2-1-9(5-12-10)15(18)19/h1-2,5,8H,3-4,6-7H2,(H,12,13)(H,16,17). The maximum atomic E-state index is 10.6. The monoisotopic (exact) mass is 266 g/mol. The molecule has 8 heteroatoms. The Balaban J connectivity index is 1.88. The summed E-state index contributed by atoms with van der Waals surface area (Å²) in [6.07, 6.45) is 2.03. The fourth-order valence-electron chi connectivity index (χ4n) is 2.07. The molecule has 0 amide bonds. The smallest absolute Gasteiger partial charge is 0.317 e. The lowest BCUT2D eigenvalue weighted by atomic mass is 10.2. The number of aromatic nitrogens is 1. The molecule has 2 heterocycles. The van der Waals surface area contributed by atoms with Gasteiger partial charge in [0, 0.05) is 25.2 Å². The molecule has 102 valence electrons. The molecule has 1 aliphatic heterocycles. The number of pyridine rings is 1. The number of carboxylic acid groups (broad SMARTS) is 1. The summed E-state index contributed by atoms with van der Waals surface area (Å²) in [7, 11) is 0. The second-order valence-corrected chi connectivity index (χ2v) is 4.42. The molecule has 1 aromatic heterocycles. The third kappa shape index (κ3) is 3.62. The van der Waals surface area contributed by atoms with Crippen molar-refractivity contribution in [2.24, 2.45) is 0 Å². The summed E-state index contributed by atoms with van der Waals surface area (Å²) in [5.74, 6) is -0.276. The topological polar surface area (TPSA) is 109 Å². The van der Waals surface area contributed by atoms with Crippen LogP contribution in [0, 0.1) is 10.1 Å². The number of hydrogen-bond donors (Lipinski definition) is 2. The van der Waals surface area contributed by atoms with Gasteiger partial charge >= 0.3 is 5.97 Å². The van der Waals surface area contributed by atoms with Gasteiger partial charge in [-0.2, -0.15) is 0 Å². The molecule has 2 rings (SSSR count). The number of likely N-dealkylation sites (tertiary alicyclic amines) is 1. The predicted octanol–water partition coefficient (Wildman–Crippen LogP) is 0.561. The van der Waals surface area contributed by atoms with Crippen LogP contribution < -0.4 is 5.32 Å². The van der Waals surface area contributed by atoms with E-state index in [1.807, 2.05) is 4.90 Å². The second kappa shape index (κ2) is 5.61. The highest BCUT2D eigenvalue weighted by Gasteiger charge is 2.24. The number of rotatable bonds is 5. The molecule has 1 unspecified atom stereocenters. The van der Waals surface area contributed by atoms with Gasteiger partial charge in [0.2, 0.25) is 0 Å². The first-order valence-corrected chi connectivity index (χ1v) is 5.86. The fraction of sp³-hybridized carbons (Fsp3) is 0.455. The van der Waals surface area contributed by atoms with Gasteiger partial charge in [-0.1, -0.05) is 0 Å². The molecule has 8 nitrogen and oxygen atoms in total.